The summed E-state index contributed by atoms with van der Waals surface area (Å²) < 4.78 is 1.85. The van der Waals surface area contributed by atoms with Crippen LogP contribution in [0.2, 0.25) is 0 Å². The Morgan fingerprint density at radius 2 is 1.89 bits per heavy atom. The van der Waals surface area contributed by atoms with Crippen molar-refractivity contribution >= 4 is 16.3 Å². The van der Waals surface area contributed by atoms with Gasteiger partial charge in [-0.05, 0) is 12.8 Å². The molecule has 4 nitrogen and oxygen atoms in total. The van der Waals surface area contributed by atoms with E-state index in [-0.39, 0.29) is 0 Å². The van der Waals surface area contributed by atoms with Gasteiger partial charge in [0.05, 0.1) is 0 Å². The van der Waals surface area contributed by atoms with Crippen molar-refractivity contribution < 1.29 is 0 Å². The topological polar surface area (TPSA) is 43.1 Å². The molecule has 0 saturated carbocycles. The SMILES string of the molecule is Cc1ccc(-c2nnc3sc(CC(C)C)nn23)cc1. The molecule has 3 aromatic rings. The van der Waals surface area contributed by atoms with E-state index < -0.39 is 0 Å². The summed E-state index contributed by atoms with van der Waals surface area (Å²) in [6.07, 6.45) is 0.987. The summed E-state index contributed by atoms with van der Waals surface area (Å²) in [5, 5.41) is 14.2. The average Bonchev–Trinajstić information content (AvgIpc) is 2.89. The normalized spacial score (nSPS) is 11.6. The average molecular weight is 272 g/mol. The quantitative estimate of drug-likeness (QED) is 0.734. The fourth-order valence-corrected chi connectivity index (χ4v) is 3.02. The van der Waals surface area contributed by atoms with Crippen LogP contribution in [0.5, 0.6) is 0 Å². The van der Waals surface area contributed by atoms with Gasteiger partial charge in [0.1, 0.15) is 5.01 Å². The number of aryl methyl sites for hydroxylation is 1. The van der Waals surface area contributed by atoms with E-state index >= 15 is 0 Å². The molecule has 2 aromatic heterocycles. The molecule has 1 aromatic carbocycles. The number of fused-ring (bicyclic) bond motifs is 1. The summed E-state index contributed by atoms with van der Waals surface area (Å²) in [5.74, 6) is 1.42. The molecular weight excluding hydrogens is 256 g/mol. The maximum Gasteiger partial charge on any atom is 0.234 e. The number of aromatic nitrogens is 4. The molecule has 2 heterocycles. The lowest BCUT2D eigenvalue weighted by Gasteiger charge is -1.99. The van der Waals surface area contributed by atoms with Crippen LogP contribution in [-0.2, 0) is 6.42 Å². The van der Waals surface area contributed by atoms with Crippen molar-refractivity contribution in [1.29, 1.82) is 0 Å². The van der Waals surface area contributed by atoms with E-state index in [2.05, 4.69) is 60.3 Å². The van der Waals surface area contributed by atoms with E-state index in [1.54, 1.807) is 11.3 Å². The van der Waals surface area contributed by atoms with Gasteiger partial charge in [-0.2, -0.15) is 9.61 Å². The highest BCUT2D eigenvalue weighted by molar-refractivity contribution is 7.16. The second kappa shape index (κ2) is 4.74. The summed E-state index contributed by atoms with van der Waals surface area (Å²) in [5.41, 5.74) is 2.29. The first kappa shape index (κ1) is 12.3. The minimum Gasteiger partial charge on any atom is -0.183 e. The molecule has 0 spiro atoms. The van der Waals surface area contributed by atoms with Gasteiger partial charge < -0.3 is 0 Å². The Morgan fingerprint density at radius 3 is 2.58 bits per heavy atom. The van der Waals surface area contributed by atoms with Gasteiger partial charge in [0.25, 0.3) is 0 Å². The Hall–Kier alpha value is -1.75. The van der Waals surface area contributed by atoms with E-state index in [4.69, 9.17) is 0 Å². The Balaban J connectivity index is 2.04. The molecule has 98 valence electrons. The van der Waals surface area contributed by atoms with Gasteiger partial charge in [0, 0.05) is 12.0 Å². The van der Waals surface area contributed by atoms with Crippen molar-refractivity contribution in [3.8, 4) is 11.4 Å². The van der Waals surface area contributed by atoms with E-state index in [0.717, 1.165) is 27.8 Å². The Labute approximate surface area is 116 Å². The highest BCUT2D eigenvalue weighted by atomic mass is 32.1. The monoisotopic (exact) mass is 272 g/mol. The summed E-state index contributed by atoms with van der Waals surface area (Å²) in [6, 6.07) is 8.29. The van der Waals surface area contributed by atoms with Gasteiger partial charge in [0.2, 0.25) is 4.96 Å². The number of nitrogens with zero attached hydrogens (tertiary/aromatic N) is 4. The van der Waals surface area contributed by atoms with Crippen molar-refractivity contribution in [2.24, 2.45) is 5.92 Å². The Morgan fingerprint density at radius 1 is 1.16 bits per heavy atom. The highest BCUT2D eigenvalue weighted by Crippen LogP contribution is 2.23. The maximum atomic E-state index is 4.62. The molecule has 0 saturated heterocycles. The van der Waals surface area contributed by atoms with E-state index in [1.165, 1.54) is 5.56 Å². The van der Waals surface area contributed by atoms with Crippen LogP contribution in [0.1, 0.15) is 24.4 Å². The molecule has 0 amide bonds. The van der Waals surface area contributed by atoms with Crippen LogP contribution in [0.4, 0.5) is 0 Å². The van der Waals surface area contributed by atoms with Crippen LogP contribution < -0.4 is 0 Å². The second-order valence-electron chi connectivity index (χ2n) is 5.18. The first-order valence-electron chi connectivity index (χ1n) is 6.41. The van der Waals surface area contributed by atoms with Crippen LogP contribution >= 0.6 is 11.3 Å². The standard InChI is InChI=1S/C14H16N4S/c1-9(2)8-12-17-18-13(15-16-14(18)19-12)11-6-4-10(3)5-7-11/h4-7,9H,8H2,1-3H3. The zero-order chi connectivity index (χ0) is 13.4. The first-order chi connectivity index (χ1) is 9.13. The summed E-state index contributed by atoms with van der Waals surface area (Å²) in [4.78, 5) is 0.867. The second-order valence-corrected chi connectivity index (χ2v) is 6.22. The third kappa shape index (κ3) is 2.38. The number of benzene rings is 1. The largest absolute Gasteiger partial charge is 0.234 e. The lowest BCUT2D eigenvalue weighted by atomic mass is 10.1. The molecule has 0 radical (unpaired) electrons. The summed E-state index contributed by atoms with van der Waals surface area (Å²) >= 11 is 1.62. The smallest absolute Gasteiger partial charge is 0.183 e. The molecule has 0 aliphatic heterocycles. The number of rotatable bonds is 3. The van der Waals surface area contributed by atoms with Gasteiger partial charge in [-0.3, -0.25) is 0 Å². The summed E-state index contributed by atoms with van der Waals surface area (Å²) in [7, 11) is 0. The van der Waals surface area contributed by atoms with Gasteiger partial charge in [-0.25, -0.2) is 0 Å². The lowest BCUT2D eigenvalue weighted by molar-refractivity contribution is 0.637. The highest BCUT2D eigenvalue weighted by Gasteiger charge is 2.13. The minimum atomic E-state index is 0.603. The van der Waals surface area contributed by atoms with Crippen molar-refractivity contribution in [3.05, 3.63) is 34.8 Å². The molecule has 0 fully saturated rings. The minimum absolute atomic E-state index is 0.603. The van der Waals surface area contributed by atoms with Gasteiger partial charge in [-0.1, -0.05) is 55.0 Å². The zero-order valence-corrected chi connectivity index (χ0v) is 12.1. The molecule has 0 bridgehead atoms. The van der Waals surface area contributed by atoms with E-state index in [9.17, 15) is 0 Å². The van der Waals surface area contributed by atoms with Crippen LogP contribution in [0, 0.1) is 12.8 Å². The molecule has 0 N–H and O–H groups in total. The lowest BCUT2D eigenvalue weighted by Crippen LogP contribution is -1.96. The number of hydrogen-bond donors (Lipinski definition) is 0. The van der Waals surface area contributed by atoms with Crippen molar-refractivity contribution in [3.63, 3.8) is 0 Å². The molecule has 3 rings (SSSR count). The van der Waals surface area contributed by atoms with Crippen LogP contribution in [0.15, 0.2) is 24.3 Å². The van der Waals surface area contributed by atoms with Crippen LogP contribution in [0.3, 0.4) is 0 Å². The summed E-state index contributed by atoms with van der Waals surface area (Å²) in [6.45, 7) is 6.47. The fourth-order valence-electron chi connectivity index (χ4n) is 1.97. The Bertz CT molecular complexity index is 694. The molecule has 0 aliphatic rings. The van der Waals surface area contributed by atoms with Crippen molar-refractivity contribution in [1.82, 2.24) is 19.8 Å². The molecule has 0 atom stereocenters. The van der Waals surface area contributed by atoms with E-state index in [1.807, 2.05) is 4.52 Å². The molecule has 19 heavy (non-hydrogen) atoms. The van der Waals surface area contributed by atoms with Gasteiger partial charge in [-0.15, -0.1) is 10.2 Å². The van der Waals surface area contributed by atoms with E-state index in [0.29, 0.717) is 5.92 Å². The van der Waals surface area contributed by atoms with Gasteiger partial charge in [0.15, 0.2) is 5.82 Å². The zero-order valence-electron chi connectivity index (χ0n) is 11.3. The van der Waals surface area contributed by atoms with Crippen LogP contribution in [0.25, 0.3) is 16.3 Å². The van der Waals surface area contributed by atoms with Crippen molar-refractivity contribution in [2.75, 3.05) is 0 Å². The fraction of sp³-hybridized carbons (Fsp3) is 0.357. The maximum absolute atomic E-state index is 4.62. The van der Waals surface area contributed by atoms with Gasteiger partial charge >= 0.3 is 0 Å². The third-order valence-corrected chi connectivity index (χ3v) is 3.85. The molecular formula is C14H16N4S. The molecule has 0 aliphatic carbocycles. The third-order valence-electron chi connectivity index (χ3n) is 2.93. The number of hydrogen-bond acceptors (Lipinski definition) is 4. The Kier molecular flexibility index (Phi) is 3.06. The predicted molar refractivity (Wildman–Crippen MR) is 77.4 cm³/mol. The van der Waals surface area contributed by atoms with Crippen molar-refractivity contribution in [2.45, 2.75) is 27.2 Å². The predicted octanol–water partition coefficient (Wildman–Crippen LogP) is 3.36. The first-order valence-corrected chi connectivity index (χ1v) is 7.23. The molecule has 0 unspecified atom stereocenters. The molecule has 5 heteroatoms. The van der Waals surface area contributed by atoms with Crippen LogP contribution in [-0.4, -0.2) is 19.8 Å².